The second kappa shape index (κ2) is 7.73. The van der Waals surface area contributed by atoms with Crippen LogP contribution in [-0.2, 0) is 19.6 Å². The Hall–Kier alpha value is -2.29. The van der Waals surface area contributed by atoms with Gasteiger partial charge in [0.15, 0.2) is 0 Å². The zero-order valence-electron chi connectivity index (χ0n) is 14.6. The molecule has 1 heterocycles. The van der Waals surface area contributed by atoms with Gasteiger partial charge < -0.3 is 14.5 Å². The molecule has 25 heavy (non-hydrogen) atoms. The van der Waals surface area contributed by atoms with Crippen molar-refractivity contribution in [1.29, 1.82) is 0 Å². The highest BCUT2D eigenvalue weighted by Crippen LogP contribution is 2.21. The van der Waals surface area contributed by atoms with Crippen LogP contribution in [0.3, 0.4) is 0 Å². The molecule has 8 nitrogen and oxygen atoms in total. The first-order valence-electron chi connectivity index (χ1n) is 7.87. The molecule has 1 aromatic rings. The largest absolute Gasteiger partial charge is 0.497 e. The standard InChI is InChI=1S/C16H23N3O5S/c1-13(20)17-8-10-18(11-9-17)16(21)12-19(25(3,22)23)14-4-6-15(24-2)7-5-14/h4-7H,8-12H2,1-3H3. The molecule has 1 fully saturated rings. The molecule has 0 aromatic heterocycles. The van der Waals surface area contributed by atoms with Gasteiger partial charge in [-0.1, -0.05) is 0 Å². The Labute approximate surface area is 148 Å². The van der Waals surface area contributed by atoms with Crippen molar-refractivity contribution in [3.05, 3.63) is 24.3 Å². The normalized spacial score (nSPS) is 15.0. The number of anilines is 1. The Morgan fingerprint density at radius 1 is 1.08 bits per heavy atom. The van der Waals surface area contributed by atoms with E-state index < -0.39 is 10.0 Å². The van der Waals surface area contributed by atoms with Crippen molar-refractivity contribution in [3.8, 4) is 5.75 Å². The summed E-state index contributed by atoms with van der Waals surface area (Å²) in [6.45, 7) is 2.94. The third-order valence-corrected chi connectivity index (χ3v) is 5.26. The maximum Gasteiger partial charge on any atom is 0.243 e. The lowest BCUT2D eigenvalue weighted by atomic mass is 10.3. The number of carbonyl (C=O) groups excluding carboxylic acids is 2. The molecule has 1 saturated heterocycles. The van der Waals surface area contributed by atoms with E-state index in [-0.39, 0.29) is 18.4 Å². The fourth-order valence-corrected chi connectivity index (χ4v) is 3.49. The maximum atomic E-state index is 12.5. The minimum atomic E-state index is -3.61. The van der Waals surface area contributed by atoms with Crippen molar-refractivity contribution in [2.75, 3.05) is 50.4 Å². The molecule has 0 radical (unpaired) electrons. The lowest BCUT2D eigenvalue weighted by Gasteiger charge is -2.35. The van der Waals surface area contributed by atoms with Crippen LogP contribution in [0.1, 0.15) is 6.92 Å². The number of nitrogens with zero attached hydrogens (tertiary/aromatic N) is 3. The number of methoxy groups -OCH3 is 1. The zero-order chi connectivity index (χ0) is 18.6. The Bertz CT molecular complexity index is 725. The van der Waals surface area contributed by atoms with E-state index in [1.54, 1.807) is 34.1 Å². The topological polar surface area (TPSA) is 87.2 Å². The molecule has 1 aromatic carbocycles. The third kappa shape index (κ3) is 4.85. The molecule has 1 aliphatic rings. The van der Waals surface area contributed by atoms with Gasteiger partial charge in [0.2, 0.25) is 21.8 Å². The summed E-state index contributed by atoms with van der Waals surface area (Å²) in [5.41, 5.74) is 0.402. The highest BCUT2D eigenvalue weighted by molar-refractivity contribution is 7.92. The first kappa shape index (κ1) is 19.0. The van der Waals surface area contributed by atoms with Crippen LogP contribution in [0.4, 0.5) is 5.69 Å². The van der Waals surface area contributed by atoms with E-state index in [9.17, 15) is 18.0 Å². The monoisotopic (exact) mass is 369 g/mol. The summed E-state index contributed by atoms with van der Waals surface area (Å²) < 4.78 is 30.4. The summed E-state index contributed by atoms with van der Waals surface area (Å²) in [5, 5.41) is 0. The summed E-state index contributed by atoms with van der Waals surface area (Å²) in [5.74, 6) is 0.288. The number of sulfonamides is 1. The Balaban J connectivity index is 2.09. The van der Waals surface area contributed by atoms with Crippen LogP contribution < -0.4 is 9.04 Å². The number of ether oxygens (including phenoxy) is 1. The second-order valence-electron chi connectivity index (χ2n) is 5.85. The van der Waals surface area contributed by atoms with Gasteiger partial charge in [-0.25, -0.2) is 8.42 Å². The lowest BCUT2D eigenvalue weighted by molar-refractivity contribution is -0.137. The molecule has 0 spiro atoms. The van der Waals surface area contributed by atoms with Gasteiger partial charge >= 0.3 is 0 Å². The van der Waals surface area contributed by atoms with Crippen LogP contribution in [-0.4, -0.2) is 76.1 Å². The number of benzene rings is 1. The van der Waals surface area contributed by atoms with Crippen LogP contribution >= 0.6 is 0 Å². The van der Waals surface area contributed by atoms with Gasteiger partial charge in [0.25, 0.3) is 0 Å². The van der Waals surface area contributed by atoms with Gasteiger partial charge in [0.1, 0.15) is 12.3 Å². The minimum absolute atomic E-state index is 0.0249. The van der Waals surface area contributed by atoms with Crippen molar-refractivity contribution in [3.63, 3.8) is 0 Å². The van der Waals surface area contributed by atoms with Crippen molar-refractivity contribution in [2.45, 2.75) is 6.92 Å². The molecule has 2 amide bonds. The summed E-state index contributed by atoms with van der Waals surface area (Å²) >= 11 is 0. The average Bonchev–Trinajstić information content (AvgIpc) is 2.58. The third-order valence-electron chi connectivity index (χ3n) is 4.12. The van der Waals surface area contributed by atoms with E-state index in [1.807, 2.05) is 0 Å². The Morgan fingerprint density at radius 3 is 2.04 bits per heavy atom. The van der Waals surface area contributed by atoms with Crippen molar-refractivity contribution < 1.29 is 22.7 Å². The molecule has 0 N–H and O–H groups in total. The van der Waals surface area contributed by atoms with Crippen LogP contribution in [0.5, 0.6) is 5.75 Å². The molecular weight excluding hydrogens is 346 g/mol. The fourth-order valence-electron chi connectivity index (χ4n) is 2.64. The van der Waals surface area contributed by atoms with Crippen molar-refractivity contribution >= 4 is 27.5 Å². The number of rotatable bonds is 5. The number of hydrogen-bond acceptors (Lipinski definition) is 5. The SMILES string of the molecule is COc1ccc(N(CC(=O)N2CCN(C(C)=O)CC2)S(C)(=O)=O)cc1. The van der Waals surface area contributed by atoms with Crippen LogP contribution in [0.25, 0.3) is 0 Å². The molecule has 0 unspecified atom stereocenters. The molecule has 0 bridgehead atoms. The summed E-state index contributed by atoms with van der Waals surface area (Å²) in [6.07, 6.45) is 1.07. The van der Waals surface area contributed by atoms with Crippen LogP contribution in [0, 0.1) is 0 Å². The number of amides is 2. The molecule has 9 heteroatoms. The lowest BCUT2D eigenvalue weighted by Crippen LogP contribution is -2.52. The summed E-state index contributed by atoms with van der Waals surface area (Å²) in [6, 6.07) is 6.48. The quantitative estimate of drug-likeness (QED) is 0.737. The zero-order valence-corrected chi connectivity index (χ0v) is 15.5. The number of carbonyl (C=O) groups is 2. The van der Waals surface area contributed by atoms with E-state index in [0.29, 0.717) is 37.6 Å². The van der Waals surface area contributed by atoms with E-state index in [1.165, 1.54) is 14.0 Å². The van der Waals surface area contributed by atoms with Gasteiger partial charge in [-0.15, -0.1) is 0 Å². The van der Waals surface area contributed by atoms with Gasteiger partial charge in [-0.3, -0.25) is 13.9 Å². The van der Waals surface area contributed by atoms with Crippen LogP contribution in [0.15, 0.2) is 24.3 Å². The average molecular weight is 369 g/mol. The first-order valence-corrected chi connectivity index (χ1v) is 9.72. The summed E-state index contributed by atoms with van der Waals surface area (Å²) in [7, 11) is -2.09. The van der Waals surface area contributed by atoms with Gasteiger partial charge in [0, 0.05) is 33.1 Å². The van der Waals surface area contributed by atoms with Crippen molar-refractivity contribution in [1.82, 2.24) is 9.80 Å². The highest BCUT2D eigenvalue weighted by Gasteiger charge is 2.27. The fraction of sp³-hybridized carbons (Fsp3) is 0.500. The molecular formula is C16H23N3O5S. The smallest absolute Gasteiger partial charge is 0.243 e. The summed E-state index contributed by atoms with van der Waals surface area (Å²) in [4.78, 5) is 27.1. The van der Waals surface area contributed by atoms with Gasteiger partial charge in [-0.2, -0.15) is 0 Å². The second-order valence-corrected chi connectivity index (χ2v) is 7.76. The van der Waals surface area contributed by atoms with E-state index in [0.717, 1.165) is 10.6 Å². The molecule has 0 saturated carbocycles. The number of piperazine rings is 1. The highest BCUT2D eigenvalue weighted by atomic mass is 32.2. The minimum Gasteiger partial charge on any atom is -0.497 e. The molecule has 0 aliphatic carbocycles. The molecule has 2 rings (SSSR count). The number of hydrogen-bond donors (Lipinski definition) is 0. The predicted octanol–water partition coefficient (Wildman–Crippen LogP) is 0.152. The van der Waals surface area contributed by atoms with Gasteiger partial charge in [0.05, 0.1) is 19.1 Å². The first-order chi connectivity index (χ1) is 11.7. The Morgan fingerprint density at radius 2 is 1.60 bits per heavy atom. The van der Waals surface area contributed by atoms with E-state index in [2.05, 4.69) is 0 Å². The van der Waals surface area contributed by atoms with E-state index in [4.69, 9.17) is 4.74 Å². The van der Waals surface area contributed by atoms with Crippen LogP contribution in [0.2, 0.25) is 0 Å². The molecule has 1 aliphatic heterocycles. The molecule has 138 valence electrons. The van der Waals surface area contributed by atoms with Crippen molar-refractivity contribution in [2.24, 2.45) is 0 Å². The maximum absolute atomic E-state index is 12.5. The van der Waals surface area contributed by atoms with E-state index >= 15 is 0 Å². The van der Waals surface area contributed by atoms with Gasteiger partial charge in [-0.05, 0) is 24.3 Å². The Kier molecular flexibility index (Phi) is 5.89. The molecule has 0 atom stereocenters. The predicted molar refractivity (Wildman–Crippen MR) is 94.0 cm³/mol.